The van der Waals surface area contributed by atoms with E-state index in [1.165, 1.54) is 0 Å². The van der Waals surface area contributed by atoms with E-state index in [0.29, 0.717) is 19.4 Å². The summed E-state index contributed by atoms with van der Waals surface area (Å²) in [6, 6.07) is 7.67. The molecule has 2 atom stereocenters. The third kappa shape index (κ3) is 2.61. The Morgan fingerprint density at radius 1 is 1.41 bits per heavy atom. The van der Waals surface area contributed by atoms with Crippen LogP contribution in [0.3, 0.4) is 0 Å². The fourth-order valence-electron chi connectivity index (χ4n) is 2.36. The van der Waals surface area contributed by atoms with Crippen LogP contribution in [-0.4, -0.2) is 24.9 Å². The number of methoxy groups -OCH3 is 1. The summed E-state index contributed by atoms with van der Waals surface area (Å²) in [5, 5.41) is 10.7. The average molecular weight is 236 g/mol. The minimum atomic E-state index is -0.745. The van der Waals surface area contributed by atoms with E-state index in [1.54, 1.807) is 7.11 Å². The van der Waals surface area contributed by atoms with Crippen LogP contribution in [0.25, 0.3) is 0 Å². The van der Waals surface area contributed by atoms with Gasteiger partial charge in [-0.05, 0) is 24.1 Å². The molecule has 1 N–H and O–H groups in total. The van der Waals surface area contributed by atoms with Crippen LogP contribution in [0, 0.1) is 0 Å². The molecule has 1 aromatic rings. The number of aliphatic hydroxyl groups is 1. The van der Waals surface area contributed by atoms with Crippen LogP contribution in [0.15, 0.2) is 24.3 Å². The van der Waals surface area contributed by atoms with Crippen molar-refractivity contribution in [3.05, 3.63) is 29.8 Å². The maximum absolute atomic E-state index is 10.7. The van der Waals surface area contributed by atoms with E-state index >= 15 is 0 Å². The van der Waals surface area contributed by atoms with Gasteiger partial charge in [0.05, 0.1) is 25.4 Å². The summed E-state index contributed by atoms with van der Waals surface area (Å²) >= 11 is 0. The molecule has 1 aliphatic heterocycles. The van der Waals surface area contributed by atoms with Gasteiger partial charge in [-0.3, -0.25) is 0 Å². The van der Waals surface area contributed by atoms with Crippen molar-refractivity contribution >= 4 is 0 Å². The van der Waals surface area contributed by atoms with Gasteiger partial charge in [0.15, 0.2) is 0 Å². The highest BCUT2D eigenvalue weighted by atomic mass is 16.5. The molecule has 0 aliphatic carbocycles. The van der Waals surface area contributed by atoms with E-state index in [2.05, 4.69) is 6.92 Å². The Hall–Kier alpha value is -1.06. The number of hydrogen-bond acceptors (Lipinski definition) is 3. The Bertz CT molecular complexity index is 360. The lowest BCUT2D eigenvalue weighted by Crippen LogP contribution is -2.38. The predicted octanol–water partition coefficient (Wildman–Crippen LogP) is 2.47. The second-order valence-electron chi connectivity index (χ2n) is 4.62. The Morgan fingerprint density at radius 3 is 2.71 bits per heavy atom. The summed E-state index contributed by atoms with van der Waals surface area (Å²) in [6.45, 7) is 2.71. The second-order valence-corrected chi connectivity index (χ2v) is 4.62. The molecule has 3 nitrogen and oxygen atoms in total. The minimum absolute atomic E-state index is 0.163. The molecule has 0 bridgehead atoms. The summed E-state index contributed by atoms with van der Waals surface area (Å²) in [4.78, 5) is 0. The minimum Gasteiger partial charge on any atom is -0.497 e. The highest BCUT2D eigenvalue weighted by Crippen LogP contribution is 2.36. The molecule has 2 rings (SSSR count). The monoisotopic (exact) mass is 236 g/mol. The number of ether oxygens (including phenoxy) is 2. The molecule has 3 heteroatoms. The van der Waals surface area contributed by atoms with E-state index in [9.17, 15) is 5.11 Å². The molecule has 0 spiro atoms. The van der Waals surface area contributed by atoms with Crippen LogP contribution in [-0.2, 0) is 10.3 Å². The number of benzene rings is 1. The first-order chi connectivity index (χ1) is 8.18. The fraction of sp³-hybridized carbons (Fsp3) is 0.571. The topological polar surface area (TPSA) is 38.7 Å². The molecule has 1 fully saturated rings. The molecule has 0 aromatic heterocycles. The Morgan fingerprint density at radius 2 is 2.12 bits per heavy atom. The van der Waals surface area contributed by atoms with Gasteiger partial charge in [-0.2, -0.15) is 0 Å². The van der Waals surface area contributed by atoms with Crippen LogP contribution in [0.4, 0.5) is 0 Å². The van der Waals surface area contributed by atoms with Crippen LogP contribution in [0.2, 0.25) is 0 Å². The van der Waals surface area contributed by atoms with Gasteiger partial charge in [0, 0.05) is 12.8 Å². The van der Waals surface area contributed by atoms with E-state index < -0.39 is 5.60 Å². The third-order valence-corrected chi connectivity index (χ3v) is 3.52. The second kappa shape index (κ2) is 5.07. The molecule has 0 saturated carbocycles. The molecule has 1 heterocycles. The van der Waals surface area contributed by atoms with Crippen molar-refractivity contribution in [3.63, 3.8) is 0 Å². The van der Waals surface area contributed by atoms with Gasteiger partial charge < -0.3 is 14.6 Å². The lowest BCUT2D eigenvalue weighted by Gasteiger charge is -2.37. The molecule has 1 saturated heterocycles. The standard InChI is InChI=1S/C14H20O3/c1-3-12-10-14(15,8-9-17-12)11-4-6-13(16-2)7-5-11/h4-7,12,15H,3,8-10H2,1-2H3. The fourth-order valence-corrected chi connectivity index (χ4v) is 2.36. The summed E-state index contributed by atoms with van der Waals surface area (Å²) in [5.41, 5.74) is 0.214. The molecule has 17 heavy (non-hydrogen) atoms. The van der Waals surface area contributed by atoms with Gasteiger partial charge in [0.2, 0.25) is 0 Å². The predicted molar refractivity (Wildman–Crippen MR) is 66.2 cm³/mol. The third-order valence-electron chi connectivity index (χ3n) is 3.52. The van der Waals surface area contributed by atoms with Gasteiger partial charge in [-0.25, -0.2) is 0 Å². The first kappa shape index (κ1) is 12.4. The first-order valence-corrected chi connectivity index (χ1v) is 6.16. The molecular formula is C14H20O3. The molecule has 0 radical (unpaired) electrons. The van der Waals surface area contributed by atoms with Crippen molar-refractivity contribution in [2.45, 2.75) is 37.9 Å². The largest absolute Gasteiger partial charge is 0.497 e. The average Bonchev–Trinajstić information content (AvgIpc) is 2.39. The van der Waals surface area contributed by atoms with E-state index in [-0.39, 0.29) is 6.10 Å². The zero-order chi connectivity index (χ0) is 12.3. The van der Waals surface area contributed by atoms with Gasteiger partial charge in [0.25, 0.3) is 0 Å². The number of rotatable bonds is 3. The van der Waals surface area contributed by atoms with Gasteiger partial charge in [-0.15, -0.1) is 0 Å². The SMILES string of the molecule is CCC1CC(O)(c2ccc(OC)cc2)CCO1. The quantitative estimate of drug-likeness (QED) is 0.876. The summed E-state index contributed by atoms with van der Waals surface area (Å²) in [6.07, 6.45) is 2.44. The van der Waals surface area contributed by atoms with Crippen LogP contribution in [0.5, 0.6) is 5.75 Å². The Balaban J connectivity index is 2.18. The maximum Gasteiger partial charge on any atom is 0.118 e. The van der Waals surface area contributed by atoms with Crippen LogP contribution < -0.4 is 4.74 Å². The molecule has 1 aromatic carbocycles. The maximum atomic E-state index is 10.7. The van der Waals surface area contributed by atoms with Crippen LogP contribution >= 0.6 is 0 Å². The van der Waals surface area contributed by atoms with Crippen molar-refractivity contribution < 1.29 is 14.6 Å². The molecule has 94 valence electrons. The number of hydrogen-bond donors (Lipinski definition) is 1. The Labute approximate surface area is 102 Å². The van der Waals surface area contributed by atoms with E-state index in [1.807, 2.05) is 24.3 Å². The highest BCUT2D eigenvalue weighted by molar-refractivity contribution is 5.31. The van der Waals surface area contributed by atoms with Crippen molar-refractivity contribution in [2.75, 3.05) is 13.7 Å². The van der Waals surface area contributed by atoms with Crippen LogP contribution in [0.1, 0.15) is 31.7 Å². The lowest BCUT2D eigenvalue weighted by molar-refractivity contribution is -0.108. The van der Waals surface area contributed by atoms with Gasteiger partial charge in [-0.1, -0.05) is 19.1 Å². The summed E-state index contributed by atoms with van der Waals surface area (Å²) in [7, 11) is 1.64. The Kier molecular flexibility index (Phi) is 3.69. The van der Waals surface area contributed by atoms with Gasteiger partial charge >= 0.3 is 0 Å². The molecule has 1 aliphatic rings. The summed E-state index contributed by atoms with van der Waals surface area (Å²) < 4.78 is 10.7. The summed E-state index contributed by atoms with van der Waals surface area (Å²) in [5.74, 6) is 0.816. The first-order valence-electron chi connectivity index (χ1n) is 6.16. The van der Waals surface area contributed by atoms with Crippen molar-refractivity contribution in [1.29, 1.82) is 0 Å². The lowest BCUT2D eigenvalue weighted by atomic mass is 9.83. The van der Waals surface area contributed by atoms with E-state index in [4.69, 9.17) is 9.47 Å². The van der Waals surface area contributed by atoms with Crippen molar-refractivity contribution in [3.8, 4) is 5.75 Å². The zero-order valence-electron chi connectivity index (χ0n) is 10.5. The van der Waals surface area contributed by atoms with Crippen molar-refractivity contribution in [1.82, 2.24) is 0 Å². The normalized spacial score (nSPS) is 29.0. The van der Waals surface area contributed by atoms with Gasteiger partial charge in [0.1, 0.15) is 5.75 Å². The highest BCUT2D eigenvalue weighted by Gasteiger charge is 2.35. The smallest absolute Gasteiger partial charge is 0.118 e. The molecule has 2 unspecified atom stereocenters. The van der Waals surface area contributed by atoms with Crippen molar-refractivity contribution in [2.24, 2.45) is 0 Å². The van der Waals surface area contributed by atoms with E-state index in [0.717, 1.165) is 17.7 Å². The molecule has 0 amide bonds. The molecular weight excluding hydrogens is 216 g/mol. The zero-order valence-corrected chi connectivity index (χ0v) is 10.5.